The third kappa shape index (κ3) is 3.77. The van der Waals surface area contributed by atoms with Crippen LogP contribution in [0.3, 0.4) is 0 Å². The van der Waals surface area contributed by atoms with E-state index in [0.29, 0.717) is 35.3 Å². The van der Waals surface area contributed by atoms with Gasteiger partial charge in [0.15, 0.2) is 5.76 Å². The first-order valence-corrected chi connectivity index (χ1v) is 12.2. The Bertz CT molecular complexity index is 1180. The summed E-state index contributed by atoms with van der Waals surface area (Å²) < 4.78 is 6.79. The normalized spacial score (nSPS) is 22.9. The van der Waals surface area contributed by atoms with Crippen LogP contribution in [-0.2, 0) is 4.79 Å². The van der Waals surface area contributed by atoms with E-state index in [1.807, 2.05) is 9.80 Å². The van der Waals surface area contributed by atoms with Crippen molar-refractivity contribution in [1.82, 2.24) is 34.4 Å². The molecular formula is C23H31N9O2. The Morgan fingerprint density at radius 1 is 1.15 bits per heavy atom. The van der Waals surface area contributed by atoms with Crippen LogP contribution >= 0.6 is 0 Å². The number of hydrogen-bond acceptors (Lipinski definition) is 9. The minimum atomic E-state index is -0.273. The summed E-state index contributed by atoms with van der Waals surface area (Å²) in [5.41, 5.74) is 6.66. The lowest BCUT2D eigenvalue weighted by molar-refractivity contribution is -0.134. The molecule has 3 fully saturated rings. The van der Waals surface area contributed by atoms with Crippen molar-refractivity contribution in [1.29, 1.82) is 0 Å². The molecule has 1 amide bonds. The fourth-order valence-corrected chi connectivity index (χ4v) is 5.51. The number of nitrogens with zero attached hydrogens (tertiary/aromatic N) is 8. The maximum Gasteiger partial charge on any atom is 0.259 e. The molecule has 34 heavy (non-hydrogen) atoms. The molecule has 0 bridgehead atoms. The number of fused-ring (bicyclic) bond motifs is 1. The molecule has 2 saturated heterocycles. The van der Waals surface area contributed by atoms with Gasteiger partial charge in [0.1, 0.15) is 6.04 Å². The number of aromatic nitrogens is 5. The maximum atomic E-state index is 13.5. The highest BCUT2D eigenvalue weighted by Gasteiger charge is 2.38. The van der Waals surface area contributed by atoms with Crippen molar-refractivity contribution in [3.8, 4) is 11.6 Å². The molecule has 1 aliphatic carbocycles. The summed E-state index contributed by atoms with van der Waals surface area (Å²) in [5, 5.41) is 4.36. The van der Waals surface area contributed by atoms with Gasteiger partial charge in [-0.15, -0.1) is 5.10 Å². The molecule has 0 unspecified atom stereocenters. The number of carbonyl (C=O) groups is 1. The Balaban J connectivity index is 1.17. The van der Waals surface area contributed by atoms with Gasteiger partial charge in [0.25, 0.3) is 5.78 Å². The van der Waals surface area contributed by atoms with Crippen LogP contribution in [0.4, 0.5) is 11.9 Å². The summed E-state index contributed by atoms with van der Waals surface area (Å²) in [4.78, 5) is 33.5. The lowest BCUT2D eigenvalue weighted by atomic mass is 9.70. The third-order valence-electron chi connectivity index (χ3n) is 7.61. The number of anilines is 2. The van der Waals surface area contributed by atoms with Crippen LogP contribution in [0.15, 0.2) is 22.8 Å². The molecule has 0 radical (unpaired) electrons. The Morgan fingerprint density at radius 3 is 2.68 bits per heavy atom. The largest absolute Gasteiger partial charge is 0.461 e. The molecule has 1 atom stereocenters. The van der Waals surface area contributed by atoms with E-state index in [1.165, 1.54) is 23.8 Å². The first-order chi connectivity index (χ1) is 16.5. The second-order valence-corrected chi connectivity index (χ2v) is 10.1. The minimum absolute atomic E-state index is 0.159. The summed E-state index contributed by atoms with van der Waals surface area (Å²) in [7, 11) is 0. The molecule has 11 heteroatoms. The molecule has 1 saturated carbocycles. The minimum Gasteiger partial charge on any atom is -0.461 e. The molecule has 3 aromatic rings. The van der Waals surface area contributed by atoms with Crippen LogP contribution in [0.5, 0.6) is 0 Å². The van der Waals surface area contributed by atoms with Gasteiger partial charge in [0.05, 0.1) is 6.26 Å². The van der Waals surface area contributed by atoms with Gasteiger partial charge >= 0.3 is 0 Å². The van der Waals surface area contributed by atoms with Crippen molar-refractivity contribution in [3.63, 3.8) is 0 Å². The molecular weight excluding hydrogens is 434 g/mol. The number of nitrogens with two attached hydrogens (primary N) is 1. The van der Waals surface area contributed by atoms with E-state index >= 15 is 0 Å². The van der Waals surface area contributed by atoms with Gasteiger partial charge in [-0.1, -0.05) is 13.3 Å². The van der Waals surface area contributed by atoms with Crippen molar-refractivity contribution in [2.75, 3.05) is 49.9 Å². The molecule has 6 rings (SSSR count). The predicted molar refractivity (Wildman–Crippen MR) is 126 cm³/mol. The molecule has 2 aliphatic heterocycles. The first-order valence-electron chi connectivity index (χ1n) is 12.2. The van der Waals surface area contributed by atoms with E-state index < -0.39 is 0 Å². The SMILES string of the molecule is CC1(CN2CCN(C(=O)[C@@H]3CCCN3c3nc(N)n4nc(-c5ccco5)nc4n3)CC2)CCC1. The number of rotatable bonds is 5. The second-order valence-electron chi connectivity index (χ2n) is 10.1. The Morgan fingerprint density at radius 2 is 1.97 bits per heavy atom. The van der Waals surface area contributed by atoms with Crippen molar-refractivity contribution in [2.45, 2.75) is 45.1 Å². The number of carbonyl (C=O) groups excluding carboxylic acids is 1. The summed E-state index contributed by atoms with van der Waals surface area (Å²) in [5.74, 6) is 2.03. The monoisotopic (exact) mass is 465 g/mol. The van der Waals surface area contributed by atoms with Crippen LogP contribution in [0, 0.1) is 5.41 Å². The van der Waals surface area contributed by atoms with Gasteiger partial charge in [-0.25, -0.2) is 0 Å². The fourth-order valence-electron chi connectivity index (χ4n) is 5.51. The van der Waals surface area contributed by atoms with Crippen molar-refractivity contribution in [3.05, 3.63) is 18.4 Å². The summed E-state index contributed by atoms with van der Waals surface area (Å²) >= 11 is 0. The summed E-state index contributed by atoms with van der Waals surface area (Å²) in [6.07, 6.45) is 7.26. The lowest BCUT2D eigenvalue weighted by Gasteiger charge is -2.45. The number of amides is 1. The average molecular weight is 466 g/mol. The zero-order valence-electron chi connectivity index (χ0n) is 19.6. The Labute approximate surface area is 197 Å². The number of piperazine rings is 1. The summed E-state index contributed by atoms with van der Waals surface area (Å²) in [6, 6.07) is 3.28. The van der Waals surface area contributed by atoms with E-state index in [4.69, 9.17) is 10.2 Å². The van der Waals surface area contributed by atoms with Crippen molar-refractivity contribution >= 4 is 23.6 Å². The van der Waals surface area contributed by atoms with Gasteiger partial charge in [-0.05, 0) is 43.2 Å². The Hall–Kier alpha value is -3.21. The van der Waals surface area contributed by atoms with E-state index in [2.05, 4.69) is 31.9 Å². The highest BCUT2D eigenvalue weighted by Crippen LogP contribution is 2.41. The molecule has 0 aromatic carbocycles. The number of nitrogen functional groups attached to an aromatic ring is 1. The smallest absolute Gasteiger partial charge is 0.259 e. The zero-order chi connectivity index (χ0) is 23.3. The molecule has 3 aliphatic rings. The molecule has 180 valence electrons. The molecule has 3 aromatic heterocycles. The van der Waals surface area contributed by atoms with Gasteiger partial charge in [-0.3, -0.25) is 9.69 Å². The highest BCUT2D eigenvalue weighted by molar-refractivity contribution is 5.85. The van der Waals surface area contributed by atoms with E-state index in [1.54, 1.807) is 18.4 Å². The predicted octanol–water partition coefficient (Wildman–Crippen LogP) is 1.66. The topological polar surface area (TPSA) is 122 Å². The lowest BCUT2D eigenvalue weighted by Crippen LogP contribution is -2.55. The highest BCUT2D eigenvalue weighted by atomic mass is 16.3. The van der Waals surface area contributed by atoms with E-state index in [-0.39, 0.29) is 17.9 Å². The molecule has 5 heterocycles. The number of furan rings is 1. The van der Waals surface area contributed by atoms with Crippen LogP contribution < -0.4 is 10.6 Å². The van der Waals surface area contributed by atoms with Gasteiger partial charge < -0.3 is 20.0 Å². The van der Waals surface area contributed by atoms with E-state index in [0.717, 1.165) is 45.6 Å². The van der Waals surface area contributed by atoms with Crippen molar-refractivity contribution in [2.24, 2.45) is 5.41 Å². The number of hydrogen-bond donors (Lipinski definition) is 1. The first kappa shape index (κ1) is 21.3. The second kappa shape index (κ2) is 8.23. The summed E-state index contributed by atoms with van der Waals surface area (Å²) in [6.45, 7) is 7.69. The molecule has 2 N–H and O–H groups in total. The standard InChI is InChI=1S/C23H31N9O2/c1-23(7-4-8-23)15-29-10-12-30(13-11-29)19(33)16-5-2-9-31(16)21-26-20(24)32-22(27-21)25-18(28-32)17-6-3-14-34-17/h3,6,14,16H,2,4-5,7-13,15H2,1H3,(H2,24,25,26,27,28)/t16-/m0/s1. The van der Waals surface area contributed by atoms with Crippen molar-refractivity contribution < 1.29 is 9.21 Å². The molecule has 0 spiro atoms. The van der Waals surface area contributed by atoms with Crippen LogP contribution in [0.25, 0.3) is 17.4 Å². The fraction of sp³-hybridized carbons (Fsp3) is 0.609. The molecule has 11 nitrogen and oxygen atoms in total. The van der Waals surface area contributed by atoms with Gasteiger partial charge in [0, 0.05) is 39.3 Å². The zero-order valence-corrected chi connectivity index (χ0v) is 19.6. The van der Waals surface area contributed by atoms with Crippen LogP contribution in [0.1, 0.15) is 39.0 Å². The third-order valence-corrected chi connectivity index (χ3v) is 7.61. The average Bonchev–Trinajstić information content (AvgIpc) is 3.58. The maximum absolute atomic E-state index is 13.5. The van der Waals surface area contributed by atoms with Crippen LogP contribution in [-0.4, -0.2) is 85.6 Å². The van der Waals surface area contributed by atoms with Gasteiger partial charge in [-0.2, -0.15) is 19.5 Å². The Kier molecular flexibility index (Phi) is 5.16. The van der Waals surface area contributed by atoms with E-state index in [9.17, 15) is 4.79 Å². The quantitative estimate of drug-likeness (QED) is 0.599. The van der Waals surface area contributed by atoms with Crippen LogP contribution in [0.2, 0.25) is 0 Å². The van der Waals surface area contributed by atoms with Gasteiger partial charge in [0.2, 0.25) is 23.6 Å².